The van der Waals surface area contributed by atoms with Crippen molar-refractivity contribution in [1.82, 2.24) is 0 Å². The van der Waals surface area contributed by atoms with E-state index in [0.717, 1.165) is 0 Å². The summed E-state index contributed by atoms with van der Waals surface area (Å²) in [4.78, 5) is 0. The van der Waals surface area contributed by atoms with Crippen molar-refractivity contribution in [1.29, 1.82) is 0 Å². The summed E-state index contributed by atoms with van der Waals surface area (Å²) >= 11 is 0. The molecule has 3 N–H and O–H groups in total. The number of hydrogen-bond donors (Lipinski definition) is 3. The second-order valence-electron chi connectivity index (χ2n) is 6.68. The largest absolute Gasteiger partial charge is 0.462 e. The highest BCUT2D eigenvalue weighted by Crippen LogP contribution is 2.49. The van der Waals surface area contributed by atoms with Gasteiger partial charge in [0.15, 0.2) is 5.60 Å². The first-order valence-electron chi connectivity index (χ1n) is 7.00. The number of para-hydroxylation sites is 1. The molecule has 1 heterocycles. The number of hydrogen-bond acceptors (Lipinski definition) is 5. The average Bonchev–Trinajstić information content (AvgIpc) is 2.37. The molecule has 0 spiro atoms. The van der Waals surface area contributed by atoms with E-state index < -0.39 is 28.7 Å². The average molecular weight is 296 g/mol. The molecule has 21 heavy (non-hydrogen) atoms. The predicted molar refractivity (Wildman–Crippen MR) is 77.9 cm³/mol. The van der Waals surface area contributed by atoms with Crippen molar-refractivity contribution in [2.24, 2.45) is 0 Å². The zero-order valence-corrected chi connectivity index (χ0v) is 13.1. The molecule has 2 rings (SSSR count). The summed E-state index contributed by atoms with van der Waals surface area (Å²) in [7, 11) is 0. The molecule has 1 saturated heterocycles. The summed E-state index contributed by atoms with van der Waals surface area (Å²) in [6.07, 6.45) is -1.12. The Kier molecular flexibility index (Phi) is 3.62. The second-order valence-corrected chi connectivity index (χ2v) is 6.68. The molecule has 5 nitrogen and oxygen atoms in total. The van der Waals surface area contributed by atoms with Crippen LogP contribution in [0.3, 0.4) is 0 Å². The Labute approximate surface area is 125 Å². The van der Waals surface area contributed by atoms with Gasteiger partial charge in [-0.1, -0.05) is 18.2 Å². The minimum atomic E-state index is -1.83. The maximum atomic E-state index is 10.8. The van der Waals surface area contributed by atoms with Crippen LogP contribution in [0.1, 0.15) is 34.6 Å². The highest BCUT2D eigenvalue weighted by molar-refractivity contribution is 5.23. The fourth-order valence-corrected chi connectivity index (χ4v) is 2.57. The molecule has 0 aromatic heterocycles. The van der Waals surface area contributed by atoms with Crippen molar-refractivity contribution < 1.29 is 24.8 Å². The molecule has 1 aliphatic heterocycles. The molecule has 0 amide bonds. The molecular formula is C16H24O5. The van der Waals surface area contributed by atoms with Gasteiger partial charge in [-0.25, -0.2) is 0 Å². The van der Waals surface area contributed by atoms with Gasteiger partial charge in [-0.15, -0.1) is 0 Å². The van der Waals surface area contributed by atoms with Crippen LogP contribution in [0.25, 0.3) is 0 Å². The summed E-state index contributed by atoms with van der Waals surface area (Å²) < 4.78 is 11.5. The highest BCUT2D eigenvalue weighted by Gasteiger charge is 2.69. The Bertz CT molecular complexity index is 505. The quantitative estimate of drug-likeness (QED) is 0.770. The molecule has 0 saturated carbocycles. The van der Waals surface area contributed by atoms with Gasteiger partial charge in [-0.3, -0.25) is 0 Å². The number of aliphatic hydroxyl groups is 3. The molecule has 0 bridgehead atoms. The van der Waals surface area contributed by atoms with E-state index in [0.29, 0.717) is 5.75 Å². The first-order chi connectivity index (χ1) is 9.43. The zero-order chi connectivity index (χ0) is 16.1. The van der Waals surface area contributed by atoms with Crippen LogP contribution in [0, 0.1) is 0 Å². The minimum absolute atomic E-state index is 0.510. The van der Waals surface area contributed by atoms with Gasteiger partial charge in [0.05, 0.1) is 5.60 Å². The number of rotatable bonds is 2. The third-order valence-electron chi connectivity index (χ3n) is 4.95. The van der Waals surface area contributed by atoms with Crippen molar-refractivity contribution in [3.8, 4) is 5.75 Å². The van der Waals surface area contributed by atoms with E-state index in [-0.39, 0.29) is 0 Å². The van der Waals surface area contributed by atoms with E-state index in [9.17, 15) is 15.3 Å². The topological polar surface area (TPSA) is 79.2 Å². The van der Waals surface area contributed by atoms with Gasteiger partial charge in [-0.2, -0.15) is 0 Å². The van der Waals surface area contributed by atoms with Crippen LogP contribution in [-0.2, 0) is 4.74 Å². The van der Waals surface area contributed by atoms with Crippen LogP contribution in [0.5, 0.6) is 5.75 Å². The van der Waals surface area contributed by atoms with E-state index in [4.69, 9.17) is 9.47 Å². The number of benzene rings is 1. The van der Waals surface area contributed by atoms with E-state index in [1.807, 2.05) is 6.07 Å². The summed E-state index contributed by atoms with van der Waals surface area (Å²) in [5.41, 5.74) is -6.42. The van der Waals surface area contributed by atoms with Crippen molar-refractivity contribution >= 4 is 0 Å². The standard InChI is InChI=1S/C16H24O5/c1-13(2)15(4,18)16(5,19)14(3,17)12(21-13)20-11-9-7-6-8-10-11/h6-10,12,17-19H,1-5H3/t12-,14+,15+,16+/m1/s1. The zero-order valence-electron chi connectivity index (χ0n) is 13.1. The first kappa shape index (κ1) is 16.2. The van der Waals surface area contributed by atoms with Crippen molar-refractivity contribution in [3.63, 3.8) is 0 Å². The second kappa shape index (κ2) is 4.68. The normalized spacial score (nSPS) is 42.6. The molecular weight excluding hydrogens is 272 g/mol. The van der Waals surface area contributed by atoms with Gasteiger partial charge >= 0.3 is 0 Å². The maximum Gasteiger partial charge on any atom is 0.232 e. The molecule has 1 aliphatic rings. The molecule has 4 atom stereocenters. The lowest BCUT2D eigenvalue weighted by atomic mass is 9.64. The summed E-state index contributed by atoms with van der Waals surface area (Å²) in [6, 6.07) is 8.90. The van der Waals surface area contributed by atoms with Gasteiger partial charge in [0.2, 0.25) is 6.29 Å². The fourth-order valence-electron chi connectivity index (χ4n) is 2.57. The maximum absolute atomic E-state index is 10.8. The first-order valence-corrected chi connectivity index (χ1v) is 7.00. The smallest absolute Gasteiger partial charge is 0.232 e. The summed E-state index contributed by atoms with van der Waals surface area (Å²) in [6.45, 7) is 7.53. The Balaban J connectivity index is 2.39. The monoisotopic (exact) mass is 296 g/mol. The Morgan fingerprint density at radius 3 is 1.95 bits per heavy atom. The van der Waals surface area contributed by atoms with E-state index >= 15 is 0 Å². The molecule has 1 aromatic carbocycles. The van der Waals surface area contributed by atoms with Gasteiger partial charge < -0.3 is 24.8 Å². The molecule has 118 valence electrons. The highest BCUT2D eigenvalue weighted by atomic mass is 16.7. The van der Waals surface area contributed by atoms with E-state index in [1.54, 1.807) is 38.1 Å². The van der Waals surface area contributed by atoms with Crippen LogP contribution in [0.15, 0.2) is 30.3 Å². The predicted octanol–water partition coefficient (Wildman–Crippen LogP) is 1.45. The summed E-state index contributed by atoms with van der Waals surface area (Å²) in [5, 5.41) is 32.1. The van der Waals surface area contributed by atoms with E-state index in [1.165, 1.54) is 20.8 Å². The number of ether oxygens (including phenoxy) is 2. The lowest BCUT2D eigenvalue weighted by Crippen LogP contribution is -2.80. The Morgan fingerprint density at radius 1 is 0.905 bits per heavy atom. The molecule has 5 heteroatoms. The van der Waals surface area contributed by atoms with Crippen LogP contribution in [0.4, 0.5) is 0 Å². The molecule has 0 aliphatic carbocycles. The SMILES string of the molecule is CC1(C)O[C@@H](Oc2ccccc2)[C@](C)(O)[C@](C)(O)[C@@]1(C)O. The lowest BCUT2D eigenvalue weighted by Gasteiger charge is -2.60. The molecule has 0 radical (unpaired) electrons. The van der Waals surface area contributed by atoms with Gasteiger partial charge in [-0.05, 0) is 46.8 Å². The molecule has 0 unspecified atom stereocenters. The van der Waals surface area contributed by atoms with Crippen LogP contribution in [-0.4, -0.2) is 44.0 Å². The van der Waals surface area contributed by atoms with Crippen molar-refractivity contribution in [2.45, 2.75) is 63.3 Å². The molecule has 1 aromatic rings. The van der Waals surface area contributed by atoms with Crippen LogP contribution < -0.4 is 4.74 Å². The van der Waals surface area contributed by atoms with Gasteiger partial charge in [0.25, 0.3) is 0 Å². The van der Waals surface area contributed by atoms with Gasteiger partial charge in [0, 0.05) is 0 Å². The van der Waals surface area contributed by atoms with Crippen molar-refractivity contribution in [2.75, 3.05) is 0 Å². The Morgan fingerprint density at radius 2 is 1.43 bits per heavy atom. The van der Waals surface area contributed by atoms with Crippen LogP contribution in [0.2, 0.25) is 0 Å². The van der Waals surface area contributed by atoms with Crippen molar-refractivity contribution in [3.05, 3.63) is 30.3 Å². The van der Waals surface area contributed by atoms with Gasteiger partial charge in [0.1, 0.15) is 17.0 Å². The third kappa shape index (κ3) is 2.25. The Hall–Kier alpha value is -1.14. The van der Waals surface area contributed by atoms with E-state index in [2.05, 4.69) is 0 Å². The lowest BCUT2D eigenvalue weighted by molar-refractivity contribution is -0.396. The fraction of sp³-hybridized carbons (Fsp3) is 0.625. The third-order valence-corrected chi connectivity index (χ3v) is 4.95. The van der Waals surface area contributed by atoms with Crippen LogP contribution >= 0.6 is 0 Å². The molecule has 1 fully saturated rings. The minimum Gasteiger partial charge on any atom is -0.462 e. The summed E-state index contributed by atoms with van der Waals surface area (Å²) in [5.74, 6) is 0.510.